The number of carbonyl (C=O) groups excluding carboxylic acids is 2. The van der Waals surface area contributed by atoms with Gasteiger partial charge in [0.2, 0.25) is 0 Å². The number of urea groups is 1. The van der Waals surface area contributed by atoms with Crippen molar-refractivity contribution in [1.82, 2.24) is 5.32 Å². The quantitative estimate of drug-likeness (QED) is 0.596. The van der Waals surface area contributed by atoms with Crippen LogP contribution in [0.1, 0.15) is 22.3 Å². The Labute approximate surface area is 170 Å². The lowest BCUT2D eigenvalue weighted by Gasteiger charge is -2.18. The number of nitriles is 1. The third kappa shape index (κ3) is 6.52. The van der Waals surface area contributed by atoms with Crippen LogP contribution in [0.3, 0.4) is 0 Å². The fraction of sp³-hybridized carbons (Fsp3) is 0.286. The van der Waals surface area contributed by atoms with Gasteiger partial charge in [-0.2, -0.15) is 5.26 Å². The number of nitrogens with zero attached hydrogens (tertiary/aromatic N) is 2. The molecule has 0 radical (unpaired) electrons. The average molecular weight is 395 g/mol. The summed E-state index contributed by atoms with van der Waals surface area (Å²) in [6, 6.07) is 13.3. The van der Waals surface area contributed by atoms with E-state index in [0.29, 0.717) is 42.1 Å². The van der Waals surface area contributed by atoms with Crippen molar-refractivity contribution in [3.8, 4) is 6.07 Å². The highest BCUT2D eigenvalue weighted by atomic mass is 16.5. The van der Waals surface area contributed by atoms with E-state index >= 15 is 0 Å². The molecule has 2 aromatic rings. The van der Waals surface area contributed by atoms with Gasteiger partial charge in [-0.1, -0.05) is 0 Å². The molecule has 0 atom stereocenters. The van der Waals surface area contributed by atoms with Gasteiger partial charge in [0.1, 0.15) is 0 Å². The second-order valence-electron chi connectivity index (χ2n) is 6.50. The summed E-state index contributed by atoms with van der Waals surface area (Å²) in [6.07, 6.45) is 0.713. The first-order valence-corrected chi connectivity index (χ1v) is 9.11. The maximum atomic E-state index is 12.6. The van der Waals surface area contributed by atoms with Gasteiger partial charge in [-0.15, -0.1) is 0 Å². The summed E-state index contributed by atoms with van der Waals surface area (Å²) >= 11 is 0. The lowest BCUT2D eigenvalue weighted by atomic mass is 10.1. The minimum absolute atomic E-state index is 0.221. The molecule has 8 heteroatoms. The van der Waals surface area contributed by atoms with Gasteiger partial charge in [-0.3, -0.25) is 4.79 Å². The van der Waals surface area contributed by atoms with Crippen LogP contribution < -0.4 is 20.9 Å². The number of hydrogen-bond donors (Lipinski definition) is 3. The molecule has 0 aromatic heterocycles. The van der Waals surface area contributed by atoms with Crippen molar-refractivity contribution in [2.75, 3.05) is 49.9 Å². The molecule has 0 heterocycles. The molecule has 0 saturated carbocycles. The zero-order chi connectivity index (χ0) is 21.2. The van der Waals surface area contributed by atoms with E-state index in [-0.39, 0.29) is 5.91 Å². The van der Waals surface area contributed by atoms with Gasteiger partial charge >= 0.3 is 6.03 Å². The van der Waals surface area contributed by atoms with Gasteiger partial charge in [-0.05, 0) is 48.9 Å². The third-order valence-corrected chi connectivity index (χ3v) is 4.06. The second-order valence-corrected chi connectivity index (χ2v) is 6.50. The zero-order valence-electron chi connectivity index (χ0n) is 16.8. The second kappa shape index (κ2) is 10.7. The first-order chi connectivity index (χ1) is 13.9. The molecular weight excluding hydrogens is 370 g/mol. The SMILES string of the molecule is COCCCNC(=O)c1cc(NC(=O)Nc2ccc(C#N)cc2)ccc1N(C)C. The molecule has 8 nitrogen and oxygen atoms in total. The molecule has 2 rings (SSSR count). The lowest BCUT2D eigenvalue weighted by Crippen LogP contribution is -2.27. The van der Waals surface area contributed by atoms with Crippen molar-refractivity contribution in [2.24, 2.45) is 0 Å². The molecule has 0 saturated heterocycles. The Bertz CT molecular complexity index is 888. The van der Waals surface area contributed by atoms with E-state index in [1.165, 1.54) is 0 Å². The van der Waals surface area contributed by atoms with Gasteiger partial charge in [0.15, 0.2) is 0 Å². The van der Waals surface area contributed by atoms with Crippen LogP contribution in [0.25, 0.3) is 0 Å². The maximum Gasteiger partial charge on any atom is 0.323 e. The van der Waals surface area contributed by atoms with Gasteiger partial charge in [-0.25, -0.2) is 4.79 Å². The molecule has 0 bridgehead atoms. The smallest absolute Gasteiger partial charge is 0.323 e. The van der Waals surface area contributed by atoms with E-state index in [0.717, 1.165) is 5.69 Å². The molecule has 0 unspecified atom stereocenters. The van der Waals surface area contributed by atoms with Crippen molar-refractivity contribution in [1.29, 1.82) is 5.26 Å². The summed E-state index contributed by atoms with van der Waals surface area (Å²) in [5, 5.41) is 17.1. The zero-order valence-corrected chi connectivity index (χ0v) is 16.8. The topological polar surface area (TPSA) is 106 Å². The average Bonchev–Trinajstić information content (AvgIpc) is 2.71. The van der Waals surface area contributed by atoms with Crippen LogP contribution in [0.15, 0.2) is 42.5 Å². The molecule has 0 fully saturated rings. The van der Waals surface area contributed by atoms with Crippen LogP contribution >= 0.6 is 0 Å². The number of nitrogens with one attached hydrogen (secondary N) is 3. The molecule has 29 heavy (non-hydrogen) atoms. The van der Waals surface area contributed by atoms with Gasteiger partial charge in [0.05, 0.1) is 17.2 Å². The highest BCUT2D eigenvalue weighted by Gasteiger charge is 2.14. The monoisotopic (exact) mass is 395 g/mol. The van der Waals surface area contributed by atoms with Crippen molar-refractivity contribution < 1.29 is 14.3 Å². The highest BCUT2D eigenvalue weighted by molar-refractivity contribution is 6.03. The Morgan fingerprint density at radius 1 is 1.07 bits per heavy atom. The predicted molar refractivity (Wildman–Crippen MR) is 113 cm³/mol. The van der Waals surface area contributed by atoms with Crippen LogP contribution in [-0.4, -0.2) is 46.3 Å². The highest BCUT2D eigenvalue weighted by Crippen LogP contribution is 2.23. The van der Waals surface area contributed by atoms with Gasteiger partial charge < -0.3 is 25.6 Å². The molecule has 0 spiro atoms. The summed E-state index contributed by atoms with van der Waals surface area (Å²) in [6.45, 7) is 1.06. The summed E-state index contributed by atoms with van der Waals surface area (Å²) in [7, 11) is 5.31. The predicted octanol–water partition coefficient (Wildman–Crippen LogP) is 3.03. The Morgan fingerprint density at radius 2 is 1.72 bits per heavy atom. The van der Waals surface area contributed by atoms with E-state index in [1.807, 2.05) is 25.1 Å². The van der Waals surface area contributed by atoms with E-state index in [4.69, 9.17) is 10.00 Å². The molecule has 0 aliphatic carbocycles. The largest absolute Gasteiger partial charge is 0.385 e. The first kappa shape index (κ1) is 21.7. The number of anilines is 3. The lowest BCUT2D eigenvalue weighted by molar-refractivity contribution is 0.0949. The number of benzene rings is 2. The van der Waals surface area contributed by atoms with Crippen LogP contribution in [0.5, 0.6) is 0 Å². The molecule has 3 N–H and O–H groups in total. The summed E-state index contributed by atoms with van der Waals surface area (Å²) in [4.78, 5) is 26.7. The Hall–Kier alpha value is -3.57. The number of methoxy groups -OCH3 is 1. The molecule has 2 aromatic carbocycles. The summed E-state index contributed by atoms with van der Waals surface area (Å²) in [5.74, 6) is -0.221. The van der Waals surface area contributed by atoms with Crippen molar-refractivity contribution in [3.05, 3.63) is 53.6 Å². The number of carbonyl (C=O) groups is 2. The van der Waals surface area contributed by atoms with Crippen molar-refractivity contribution in [3.63, 3.8) is 0 Å². The third-order valence-electron chi connectivity index (χ3n) is 4.06. The Morgan fingerprint density at radius 3 is 2.34 bits per heavy atom. The van der Waals surface area contributed by atoms with E-state index in [2.05, 4.69) is 16.0 Å². The van der Waals surface area contributed by atoms with Gasteiger partial charge in [0, 0.05) is 51.4 Å². The molecule has 152 valence electrons. The van der Waals surface area contributed by atoms with Crippen LogP contribution in [-0.2, 0) is 4.74 Å². The number of amides is 3. The minimum atomic E-state index is -0.446. The van der Waals surface area contributed by atoms with Gasteiger partial charge in [0.25, 0.3) is 5.91 Å². The minimum Gasteiger partial charge on any atom is -0.385 e. The van der Waals surface area contributed by atoms with Crippen molar-refractivity contribution >= 4 is 29.0 Å². The standard InChI is InChI=1S/C21H25N5O3/c1-26(2)19-10-9-17(13-18(19)20(27)23-11-4-12-29-3)25-21(28)24-16-7-5-15(14-22)6-8-16/h5-10,13H,4,11-12H2,1-3H3,(H,23,27)(H2,24,25,28). The normalized spacial score (nSPS) is 10.0. The van der Waals surface area contributed by atoms with Crippen LogP contribution in [0, 0.1) is 11.3 Å². The number of ether oxygens (including phenoxy) is 1. The van der Waals surface area contributed by atoms with E-state index < -0.39 is 6.03 Å². The molecule has 3 amide bonds. The van der Waals surface area contributed by atoms with Crippen molar-refractivity contribution in [2.45, 2.75) is 6.42 Å². The fourth-order valence-corrected chi connectivity index (χ4v) is 2.62. The summed E-state index contributed by atoms with van der Waals surface area (Å²) in [5.41, 5.74) is 2.76. The van der Waals surface area contributed by atoms with E-state index in [9.17, 15) is 9.59 Å². The van der Waals surface area contributed by atoms with Crippen LogP contribution in [0.2, 0.25) is 0 Å². The molecule has 0 aliphatic heterocycles. The molecule has 0 aliphatic rings. The fourth-order valence-electron chi connectivity index (χ4n) is 2.62. The van der Waals surface area contributed by atoms with Crippen LogP contribution in [0.4, 0.5) is 21.9 Å². The number of rotatable bonds is 8. The maximum absolute atomic E-state index is 12.6. The summed E-state index contributed by atoms with van der Waals surface area (Å²) < 4.78 is 4.99. The number of hydrogen-bond acceptors (Lipinski definition) is 5. The Kier molecular flexibility index (Phi) is 8.00. The molecular formula is C21H25N5O3. The van der Waals surface area contributed by atoms with E-state index in [1.54, 1.807) is 49.6 Å². The first-order valence-electron chi connectivity index (χ1n) is 9.11. The Balaban J connectivity index is 2.08.